The van der Waals surface area contributed by atoms with Crippen molar-refractivity contribution in [2.45, 2.75) is 6.54 Å². The summed E-state index contributed by atoms with van der Waals surface area (Å²) in [4.78, 5) is 29.9. The molecule has 1 aliphatic rings. The van der Waals surface area contributed by atoms with Crippen LogP contribution >= 0.6 is 23.2 Å². The first-order valence-electron chi connectivity index (χ1n) is 9.52. The van der Waals surface area contributed by atoms with Gasteiger partial charge in [-0.15, -0.1) is 0 Å². The average Bonchev–Trinajstić information content (AvgIpc) is 3.38. The summed E-state index contributed by atoms with van der Waals surface area (Å²) in [5.41, 5.74) is -0.0724. The van der Waals surface area contributed by atoms with Gasteiger partial charge in [-0.2, -0.15) is 4.98 Å². The number of hydrogen-bond acceptors (Lipinski definition) is 6. The normalized spacial score (nSPS) is 12.5. The molecule has 4 aromatic rings. The van der Waals surface area contributed by atoms with Crippen LogP contribution in [-0.4, -0.2) is 25.5 Å². The lowest BCUT2D eigenvalue weighted by atomic mass is 10.2. The Kier molecular flexibility index (Phi) is 4.87. The number of fused-ring (bicyclic) bond motifs is 2. The van der Waals surface area contributed by atoms with E-state index in [1.54, 1.807) is 41.0 Å². The van der Waals surface area contributed by atoms with Crippen LogP contribution in [0.2, 0.25) is 10.0 Å². The Labute approximate surface area is 190 Å². The van der Waals surface area contributed by atoms with E-state index in [1.807, 2.05) is 0 Å². The molecule has 0 spiro atoms. The zero-order valence-electron chi connectivity index (χ0n) is 17.0. The number of imidazole rings is 1. The summed E-state index contributed by atoms with van der Waals surface area (Å²) in [7, 11) is 2.94. The van der Waals surface area contributed by atoms with Gasteiger partial charge < -0.3 is 14.2 Å². The van der Waals surface area contributed by atoms with Crippen molar-refractivity contribution in [3.63, 3.8) is 0 Å². The van der Waals surface area contributed by atoms with Gasteiger partial charge in [0, 0.05) is 35.8 Å². The fourth-order valence-corrected chi connectivity index (χ4v) is 4.06. The van der Waals surface area contributed by atoms with Crippen molar-refractivity contribution in [1.29, 1.82) is 0 Å². The van der Waals surface area contributed by atoms with Gasteiger partial charge in [-0.05, 0) is 24.3 Å². The molecule has 164 valence electrons. The second kappa shape index (κ2) is 7.61. The van der Waals surface area contributed by atoms with Crippen LogP contribution in [0.1, 0.15) is 5.56 Å². The molecule has 0 bridgehead atoms. The SMILES string of the molecule is Cn1c(=O)c2c(nc(Oc3ccc4c(c3)OCO4)n2Cc2c(Cl)cccc2Cl)n(C)c1=O. The lowest BCUT2D eigenvalue weighted by Gasteiger charge is -2.12. The van der Waals surface area contributed by atoms with Crippen molar-refractivity contribution < 1.29 is 14.2 Å². The van der Waals surface area contributed by atoms with Gasteiger partial charge in [-0.3, -0.25) is 18.5 Å². The van der Waals surface area contributed by atoms with E-state index in [9.17, 15) is 9.59 Å². The fourth-order valence-electron chi connectivity index (χ4n) is 3.54. The predicted molar refractivity (Wildman–Crippen MR) is 118 cm³/mol. The summed E-state index contributed by atoms with van der Waals surface area (Å²) in [5, 5.41) is 0.852. The van der Waals surface area contributed by atoms with Crippen molar-refractivity contribution in [2.75, 3.05) is 6.79 Å². The summed E-state index contributed by atoms with van der Waals surface area (Å²) in [6.07, 6.45) is 0. The third-order valence-electron chi connectivity index (χ3n) is 5.24. The van der Waals surface area contributed by atoms with E-state index >= 15 is 0 Å². The molecular formula is C21H16Cl2N4O5. The first-order valence-corrected chi connectivity index (χ1v) is 10.3. The van der Waals surface area contributed by atoms with Crippen LogP contribution in [0.25, 0.3) is 11.2 Å². The van der Waals surface area contributed by atoms with E-state index in [-0.39, 0.29) is 30.5 Å². The zero-order valence-corrected chi connectivity index (χ0v) is 18.5. The Balaban J connectivity index is 1.72. The van der Waals surface area contributed by atoms with Gasteiger partial charge >= 0.3 is 11.7 Å². The molecule has 0 fully saturated rings. The third kappa shape index (κ3) is 3.21. The molecule has 5 rings (SSSR count). The van der Waals surface area contributed by atoms with Gasteiger partial charge in [0.15, 0.2) is 22.7 Å². The molecule has 9 nitrogen and oxygen atoms in total. The third-order valence-corrected chi connectivity index (χ3v) is 5.95. The van der Waals surface area contributed by atoms with Crippen LogP contribution in [0.3, 0.4) is 0 Å². The van der Waals surface area contributed by atoms with Crippen molar-refractivity contribution >= 4 is 34.4 Å². The van der Waals surface area contributed by atoms with E-state index < -0.39 is 11.2 Å². The summed E-state index contributed by atoms with van der Waals surface area (Å²) in [6, 6.07) is 10.3. The zero-order chi connectivity index (χ0) is 22.6. The van der Waals surface area contributed by atoms with Crippen molar-refractivity contribution in [3.8, 4) is 23.3 Å². The quantitative estimate of drug-likeness (QED) is 0.450. The lowest BCUT2D eigenvalue weighted by molar-refractivity contribution is 0.174. The number of nitrogens with zero attached hydrogens (tertiary/aromatic N) is 4. The number of hydrogen-bond donors (Lipinski definition) is 0. The Morgan fingerprint density at radius 2 is 1.75 bits per heavy atom. The highest BCUT2D eigenvalue weighted by molar-refractivity contribution is 6.36. The number of rotatable bonds is 4. The second-order valence-corrected chi connectivity index (χ2v) is 7.99. The molecule has 0 N–H and O–H groups in total. The van der Waals surface area contributed by atoms with Crippen LogP contribution < -0.4 is 25.5 Å². The van der Waals surface area contributed by atoms with Crippen molar-refractivity contribution in [2.24, 2.45) is 14.1 Å². The van der Waals surface area contributed by atoms with Crippen LogP contribution in [-0.2, 0) is 20.6 Å². The van der Waals surface area contributed by atoms with E-state index in [1.165, 1.54) is 18.7 Å². The number of halogens is 2. The molecular weight excluding hydrogens is 459 g/mol. The number of aromatic nitrogens is 4. The van der Waals surface area contributed by atoms with E-state index in [4.69, 9.17) is 37.4 Å². The molecule has 1 aliphatic heterocycles. The molecule has 2 aromatic heterocycles. The highest BCUT2D eigenvalue weighted by Crippen LogP contribution is 2.37. The standard InChI is InChI=1S/C21H16Cl2N4O5/c1-25-18-17(19(28)26(2)21(25)29)27(9-12-13(22)4-3-5-14(12)23)20(24-18)32-11-6-7-15-16(8-11)31-10-30-15/h3-8H,9-10H2,1-2H3. The maximum absolute atomic E-state index is 13.0. The summed E-state index contributed by atoms with van der Waals surface area (Å²) >= 11 is 12.7. The van der Waals surface area contributed by atoms with Gasteiger partial charge in [-0.1, -0.05) is 29.3 Å². The molecule has 0 aliphatic carbocycles. The van der Waals surface area contributed by atoms with E-state index in [2.05, 4.69) is 4.98 Å². The molecule has 0 unspecified atom stereocenters. The Hall–Kier alpha value is -3.43. The maximum atomic E-state index is 13.0. The molecule has 0 atom stereocenters. The van der Waals surface area contributed by atoms with Crippen molar-refractivity contribution in [3.05, 3.63) is 72.8 Å². The molecule has 3 heterocycles. The molecule has 0 saturated carbocycles. The van der Waals surface area contributed by atoms with Crippen LogP contribution in [0.4, 0.5) is 0 Å². The first kappa shape index (κ1) is 20.5. The molecule has 0 radical (unpaired) electrons. The van der Waals surface area contributed by atoms with E-state index in [0.717, 1.165) is 4.57 Å². The summed E-state index contributed by atoms with van der Waals surface area (Å²) in [5.74, 6) is 1.55. The number of ether oxygens (including phenoxy) is 3. The van der Waals surface area contributed by atoms with Gasteiger partial charge in [0.05, 0.1) is 6.54 Å². The molecule has 2 aromatic carbocycles. The molecule has 32 heavy (non-hydrogen) atoms. The second-order valence-electron chi connectivity index (χ2n) is 7.18. The van der Waals surface area contributed by atoms with Gasteiger partial charge in [-0.25, -0.2) is 4.79 Å². The summed E-state index contributed by atoms with van der Waals surface area (Å²) in [6.45, 7) is 0.225. The van der Waals surface area contributed by atoms with Crippen LogP contribution in [0, 0.1) is 0 Å². The number of benzene rings is 2. The Morgan fingerprint density at radius 3 is 2.50 bits per heavy atom. The predicted octanol–water partition coefficient (Wildman–Crippen LogP) is 3.31. The minimum Gasteiger partial charge on any atom is -0.454 e. The van der Waals surface area contributed by atoms with Gasteiger partial charge in [0.1, 0.15) is 5.75 Å². The topological polar surface area (TPSA) is 89.5 Å². The van der Waals surface area contributed by atoms with E-state index in [0.29, 0.717) is 32.9 Å². The highest BCUT2D eigenvalue weighted by Gasteiger charge is 2.23. The minimum atomic E-state index is -0.515. The van der Waals surface area contributed by atoms with Crippen molar-refractivity contribution in [1.82, 2.24) is 18.7 Å². The van der Waals surface area contributed by atoms with Gasteiger partial charge in [0.25, 0.3) is 5.56 Å². The smallest absolute Gasteiger partial charge is 0.332 e. The van der Waals surface area contributed by atoms with Gasteiger partial charge in [0.2, 0.25) is 6.79 Å². The average molecular weight is 475 g/mol. The fraction of sp³-hybridized carbons (Fsp3) is 0.190. The highest BCUT2D eigenvalue weighted by atomic mass is 35.5. The summed E-state index contributed by atoms with van der Waals surface area (Å²) < 4.78 is 20.6. The van der Waals surface area contributed by atoms with Crippen LogP contribution in [0.15, 0.2) is 46.0 Å². The minimum absolute atomic E-state index is 0.0909. The largest absolute Gasteiger partial charge is 0.454 e. The molecule has 0 amide bonds. The Morgan fingerprint density at radius 1 is 1.03 bits per heavy atom. The molecule has 11 heteroatoms. The maximum Gasteiger partial charge on any atom is 0.332 e. The monoisotopic (exact) mass is 474 g/mol. The molecule has 0 saturated heterocycles. The Bertz CT molecular complexity index is 1480. The van der Waals surface area contributed by atoms with Crippen LogP contribution in [0.5, 0.6) is 23.3 Å². The number of aryl methyl sites for hydroxylation is 1. The first-order chi connectivity index (χ1) is 15.3. The lowest BCUT2D eigenvalue weighted by Crippen LogP contribution is -2.37.